The molecule has 0 aliphatic carbocycles. The van der Waals surface area contributed by atoms with Crippen molar-refractivity contribution in [1.29, 1.82) is 0 Å². The number of hydrogen-bond donors (Lipinski definition) is 1. The molecule has 1 saturated heterocycles. The molecule has 1 N–H and O–H groups in total. The van der Waals surface area contributed by atoms with Crippen molar-refractivity contribution in [2.45, 2.75) is 32.4 Å². The molecule has 0 bridgehead atoms. The molecule has 1 aliphatic heterocycles. The van der Waals surface area contributed by atoms with Crippen molar-refractivity contribution >= 4 is 27.5 Å². The van der Waals surface area contributed by atoms with E-state index in [0.29, 0.717) is 6.04 Å². The molecule has 1 aromatic rings. The minimum absolute atomic E-state index is 0.0334. The van der Waals surface area contributed by atoms with Crippen LogP contribution in [-0.2, 0) is 4.79 Å². The Bertz CT molecular complexity index is 420. The number of carbonyl (C=O) groups is 1. The van der Waals surface area contributed by atoms with E-state index in [9.17, 15) is 4.79 Å². The molecule has 1 fully saturated rings. The second-order valence-electron chi connectivity index (χ2n) is 4.63. The summed E-state index contributed by atoms with van der Waals surface area (Å²) >= 11 is 3.43. The van der Waals surface area contributed by atoms with Crippen molar-refractivity contribution in [3.8, 4) is 0 Å². The first-order chi connectivity index (χ1) is 8.08. The minimum Gasteiger partial charge on any atom is -0.311 e. The number of amides is 1. The van der Waals surface area contributed by atoms with Gasteiger partial charge in [0.1, 0.15) is 0 Å². The van der Waals surface area contributed by atoms with Crippen LogP contribution in [0.1, 0.15) is 20.3 Å². The van der Waals surface area contributed by atoms with Gasteiger partial charge in [-0.2, -0.15) is 0 Å². The lowest BCUT2D eigenvalue weighted by Crippen LogP contribution is -2.41. The summed E-state index contributed by atoms with van der Waals surface area (Å²) in [5.74, 6) is 0.178. The number of nitrogens with zero attached hydrogens (tertiary/aromatic N) is 1. The third-order valence-electron chi connectivity index (χ3n) is 2.86. The Hall–Kier alpha value is -0.870. The van der Waals surface area contributed by atoms with Gasteiger partial charge in [0.15, 0.2) is 0 Å². The van der Waals surface area contributed by atoms with Crippen LogP contribution in [0.2, 0.25) is 0 Å². The highest BCUT2D eigenvalue weighted by Crippen LogP contribution is 2.24. The monoisotopic (exact) mass is 296 g/mol. The molecule has 1 heterocycles. The number of anilines is 1. The fourth-order valence-corrected chi connectivity index (χ4v) is 2.52. The molecule has 4 heteroatoms. The summed E-state index contributed by atoms with van der Waals surface area (Å²) in [4.78, 5) is 14.1. The molecule has 3 nitrogen and oxygen atoms in total. The Labute approximate surface area is 110 Å². The second-order valence-corrected chi connectivity index (χ2v) is 5.55. The standard InChI is InChI=1S/C13H17BrN2O/c1-9(2)15-12-6-7-16(13(12)17)11-5-3-4-10(14)8-11/h3-5,8-9,12,15H,6-7H2,1-2H3. The van der Waals surface area contributed by atoms with Crippen LogP contribution in [0, 0.1) is 0 Å². The number of benzene rings is 1. The molecule has 0 saturated carbocycles. The van der Waals surface area contributed by atoms with Gasteiger partial charge in [-0.3, -0.25) is 4.79 Å². The summed E-state index contributed by atoms with van der Waals surface area (Å²) in [7, 11) is 0. The molecular weight excluding hydrogens is 280 g/mol. The SMILES string of the molecule is CC(C)NC1CCN(c2cccc(Br)c2)C1=O. The van der Waals surface area contributed by atoms with Gasteiger partial charge in [-0.25, -0.2) is 0 Å². The maximum Gasteiger partial charge on any atom is 0.244 e. The van der Waals surface area contributed by atoms with Gasteiger partial charge >= 0.3 is 0 Å². The molecule has 2 rings (SSSR count). The van der Waals surface area contributed by atoms with E-state index in [0.717, 1.165) is 23.1 Å². The number of halogens is 1. The normalized spacial score (nSPS) is 20.4. The maximum atomic E-state index is 12.2. The van der Waals surface area contributed by atoms with E-state index in [4.69, 9.17) is 0 Å². The van der Waals surface area contributed by atoms with Crippen LogP contribution in [-0.4, -0.2) is 24.5 Å². The van der Waals surface area contributed by atoms with Crippen molar-refractivity contribution in [1.82, 2.24) is 5.32 Å². The summed E-state index contributed by atoms with van der Waals surface area (Å²) in [6.45, 7) is 4.92. The van der Waals surface area contributed by atoms with Gasteiger partial charge in [-0.05, 0) is 24.6 Å². The van der Waals surface area contributed by atoms with E-state index in [1.54, 1.807) is 0 Å². The van der Waals surface area contributed by atoms with Crippen molar-refractivity contribution in [3.63, 3.8) is 0 Å². The van der Waals surface area contributed by atoms with Gasteiger partial charge < -0.3 is 10.2 Å². The highest BCUT2D eigenvalue weighted by atomic mass is 79.9. The van der Waals surface area contributed by atoms with Crippen LogP contribution in [0.4, 0.5) is 5.69 Å². The summed E-state index contributed by atoms with van der Waals surface area (Å²) in [5, 5.41) is 3.30. The smallest absolute Gasteiger partial charge is 0.244 e. The fourth-order valence-electron chi connectivity index (χ4n) is 2.14. The van der Waals surface area contributed by atoms with Gasteiger partial charge in [-0.15, -0.1) is 0 Å². The topological polar surface area (TPSA) is 32.3 Å². The first-order valence-electron chi connectivity index (χ1n) is 5.91. The summed E-state index contributed by atoms with van der Waals surface area (Å²) < 4.78 is 1.00. The molecule has 1 aromatic carbocycles. The van der Waals surface area contributed by atoms with Crippen molar-refractivity contribution in [2.24, 2.45) is 0 Å². The lowest BCUT2D eigenvalue weighted by molar-refractivity contribution is -0.118. The number of carbonyl (C=O) groups excluding carboxylic acids is 1. The zero-order chi connectivity index (χ0) is 12.4. The highest BCUT2D eigenvalue weighted by molar-refractivity contribution is 9.10. The molecule has 0 spiro atoms. The predicted octanol–water partition coefficient (Wildman–Crippen LogP) is 2.55. The Kier molecular flexibility index (Phi) is 3.84. The average Bonchev–Trinajstić information content (AvgIpc) is 2.60. The molecule has 0 aromatic heterocycles. The van der Waals surface area contributed by atoms with Crippen LogP contribution in [0.5, 0.6) is 0 Å². The van der Waals surface area contributed by atoms with E-state index in [2.05, 4.69) is 35.1 Å². The van der Waals surface area contributed by atoms with Gasteiger partial charge in [0, 0.05) is 22.7 Å². The number of rotatable bonds is 3. The van der Waals surface area contributed by atoms with Crippen LogP contribution in [0.25, 0.3) is 0 Å². The van der Waals surface area contributed by atoms with E-state index in [1.807, 2.05) is 29.2 Å². The molecule has 0 radical (unpaired) electrons. The van der Waals surface area contributed by atoms with Gasteiger partial charge in [0.05, 0.1) is 6.04 Å². The molecule has 1 amide bonds. The summed E-state index contributed by atoms with van der Waals surface area (Å²) in [5.41, 5.74) is 0.970. The quantitative estimate of drug-likeness (QED) is 0.930. The summed E-state index contributed by atoms with van der Waals surface area (Å²) in [6.07, 6.45) is 0.878. The van der Waals surface area contributed by atoms with Gasteiger partial charge in [0.2, 0.25) is 5.91 Å². The van der Waals surface area contributed by atoms with Crippen LogP contribution in [0.15, 0.2) is 28.7 Å². The molecule has 92 valence electrons. The predicted molar refractivity (Wildman–Crippen MR) is 73.2 cm³/mol. The highest BCUT2D eigenvalue weighted by Gasteiger charge is 2.32. The molecule has 1 aliphatic rings. The number of nitrogens with one attached hydrogen (secondary N) is 1. The van der Waals surface area contributed by atoms with E-state index in [-0.39, 0.29) is 11.9 Å². The van der Waals surface area contributed by atoms with Gasteiger partial charge in [0.25, 0.3) is 0 Å². The second kappa shape index (κ2) is 5.19. The summed E-state index contributed by atoms with van der Waals surface area (Å²) in [6, 6.07) is 8.18. The van der Waals surface area contributed by atoms with Crippen LogP contribution >= 0.6 is 15.9 Å². The van der Waals surface area contributed by atoms with Crippen molar-refractivity contribution in [2.75, 3.05) is 11.4 Å². The zero-order valence-corrected chi connectivity index (χ0v) is 11.7. The average molecular weight is 297 g/mol. The zero-order valence-electron chi connectivity index (χ0n) is 10.1. The lowest BCUT2D eigenvalue weighted by atomic mass is 10.2. The fraction of sp³-hybridized carbons (Fsp3) is 0.462. The first-order valence-corrected chi connectivity index (χ1v) is 6.70. The van der Waals surface area contributed by atoms with E-state index < -0.39 is 0 Å². The molecule has 1 unspecified atom stereocenters. The Morgan fingerprint density at radius 2 is 2.24 bits per heavy atom. The maximum absolute atomic E-state index is 12.2. The van der Waals surface area contributed by atoms with Crippen molar-refractivity contribution < 1.29 is 4.79 Å². The van der Waals surface area contributed by atoms with Gasteiger partial charge in [-0.1, -0.05) is 35.8 Å². The Morgan fingerprint density at radius 1 is 1.47 bits per heavy atom. The molecular formula is C13H17BrN2O. The third-order valence-corrected chi connectivity index (χ3v) is 3.35. The van der Waals surface area contributed by atoms with E-state index in [1.165, 1.54) is 0 Å². The molecule has 1 atom stereocenters. The van der Waals surface area contributed by atoms with Crippen LogP contribution in [0.3, 0.4) is 0 Å². The first kappa shape index (κ1) is 12.6. The third kappa shape index (κ3) is 2.87. The van der Waals surface area contributed by atoms with E-state index >= 15 is 0 Å². The molecule has 17 heavy (non-hydrogen) atoms. The van der Waals surface area contributed by atoms with Crippen molar-refractivity contribution in [3.05, 3.63) is 28.7 Å². The largest absolute Gasteiger partial charge is 0.311 e. The minimum atomic E-state index is -0.0334. The Balaban J connectivity index is 2.12. The number of hydrogen-bond acceptors (Lipinski definition) is 2. The Morgan fingerprint density at radius 3 is 2.88 bits per heavy atom. The van der Waals surface area contributed by atoms with Crippen LogP contribution < -0.4 is 10.2 Å². The lowest BCUT2D eigenvalue weighted by Gasteiger charge is -2.18.